The second-order valence-corrected chi connectivity index (χ2v) is 5.78. The topological polar surface area (TPSA) is 32.3 Å². The number of carbonyl (C=O) groups is 1. The number of hydrogen-bond donors (Lipinski definition) is 1. The number of nitrogens with one attached hydrogen (secondary N) is 1. The van der Waals surface area contributed by atoms with Crippen molar-refractivity contribution in [2.75, 3.05) is 19.6 Å². The Morgan fingerprint density at radius 1 is 1.25 bits per heavy atom. The quantitative estimate of drug-likeness (QED) is 0.866. The number of benzene rings is 1. The van der Waals surface area contributed by atoms with E-state index in [-0.39, 0.29) is 11.8 Å². The molecule has 1 aromatic carbocycles. The third kappa shape index (κ3) is 4.04. The summed E-state index contributed by atoms with van der Waals surface area (Å²) in [6, 6.07) is 9.30. The molecule has 0 spiro atoms. The summed E-state index contributed by atoms with van der Waals surface area (Å²) in [7, 11) is 0. The van der Waals surface area contributed by atoms with E-state index in [4.69, 9.17) is 12.2 Å². The number of nitrogens with zero attached hydrogens (tertiary/aromatic N) is 1. The third-order valence-corrected chi connectivity index (χ3v) is 4.35. The van der Waals surface area contributed by atoms with Crippen LogP contribution in [0.5, 0.6) is 0 Å². The van der Waals surface area contributed by atoms with Crippen molar-refractivity contribution in [1.29, 1.82) is 0 Å². The molecule has 1 aliphatic heterocycles. The number of rotatable bonds is 4. The lowest BCUT2D eigenvalue weighted by Crippen LogP contribution is -2.41. The number of carbonyl (C=O) groups excluding carboxylic acids is 1. The minimum Gasteiger partial charge on any atom is -0.366 e. The van der Waals surface area contributed by atoms with Crippen LogP contribution >= 0.6 is 12.2 Å². The molecule has 108 valence electrons. The predicted molar refractivity (Wildman–Crippen MR) is 86.0 cm³/mol. The summed E-state index contributed by atoms with van der Waals surface area (Å²) in [4.78, 5) is 15.3. The maximum Gasteiger partial charge on any atom is 0.251 e. The first kappa shape index (κ1) is 15.0. The average molecular weight is 290 g/mol. The molecule has 1 fully saturated rings. The van der Waals surface area contributed by atoms with Gasteiger partial charge in [0.1, 0.15) is 0 Å². The Labute approximate surface area is 126 Å². The lowest BCUT2D eigenvalue weighted by molar-refractivity contribution is 0.0951. The Hall–Kier alpha value is -1.42. The molecule has 0 saturated carbocycles. The van der Waals surface area contributed by atoms with Gasteiger partial charge >= 0.3 is 0 Å². The number of piperidine rings is 1. The molecule has 2 rings (SSSR count). The standard InChI is InChI=1S/C16H22N2OS/c1-13(16(20)18-10-6-3-7-11-18)12-17-15(19)14-8-4-2-5-9-14/h2,4-5,8-9,13H,3,6-7,10-12H2,1H3,(H,17,19). The lowest BCUT2D eigenvalue weighted by Gasteiger charge is -2.32. The molecule has 1 amide bonds. The molecule has 0 radical (unpaired) electrons. The fraction of sp³-hybridized carbons (Fsp3) is 0.500. The zero-order valence-electron chi connectivity index (χ0n) is 12.0. The van der Waals surface area contributed by atoms with Gasteiger partial charge < -0.3 is 10.2 Å². The Kier molecular flexibility index (Phi) is 5.53. The van der Waals surface area contributed by atoms with Gasteiger partial charge in [-0.3, -0.25) is 4.79 Å². The van der Waals surface area contributed by atoms with E-state index in [9.17, 15) is 4.79 Å². The highest BCUT2D eigenvalue weighted by atomic mass is 32.1. The molecule has 1 N–H and O–H groups in total. The number of amides is 1. The summed E-state index contributed by atoms with van der Waals surface area (Å²) in [5, 5.41) is 2.97. The Morgan fingerprint density at radius 3 is 2.55 bits per heavy atom. The van der Waals surface area contributed by atoms with Gasteiger partial charge in [-0.2, -0.15) is 0 Å². The van der Waals surface area contributed by atoms with Crippen molar-refractivity contribution in [2.45, 2.75) is 26.2 Å². The Bertz CT molecular complexity index is 455. The summed E-state index contributed by atoms with van der Waals surface area (Å²) >= 11 is 5.54. The Balaban J connectivity index is 1.81. The summed E-state index contributed by atoms with van der Waals surface area (Å²) < 4.78 is 0. The molecule has 0 aliphatic carbocycles. The van der Waals surface area contributed by atoms with Crippen molar-refractivity contribution in [3.63, 3.8) is 0 Å². The van der Waals surface area contributed by atoms with Crippen molar-refractivity contribution in [3.05, 3.63) is 35.9 Å². The van der Waals surface area contributed by atoms with Crippen LogP contribution in [-0.2, 0) is 0 Å². The highest BCUT2D eigenvalue weighted by Gasteiger charge is 2.19. The van der Waals surface area contributed by atoms with Crippen LogP contribution < -0.4 is 5.32 Å². The van der Waals surface area contributed by atoms with E-state index in [1.807, 2.05) is 30.3 Å². The monoisotopic (exact) mass is 290 g/mol. The van der Waals surface area contributed by atoms with Gasteiger partial charge in [-0.15, -0.1) is 0 Å². The highest BCUT2D eigenvalue weighted by Crippen LogP contribution is 2.13. The lowest BCUT2D eigenvalue weighted by atomic mass is 10.1. The molecule has 1 atom stereocenters. The van der Waals surface area contributed by atoms with E-state index in [1.54, 1.807) is 0 Å². The van der Waals surface area contributed by atoms with E-state index in [1.165, 1.54) is 19.3 Å². The van der Waals surface area contributed by atoms with Crippen molar-refractivity contribution in [1.82, 2.24) is 10.2 Å². The number of hydrogen-bond acceptors (Lipinski definition) is 2. The van der Waals surface area contributed by atoms with E-state index in [0.717, 1.165) is 18.1 Å². The van der Waals surface area contributed by atoms with E-state index < -0.39 is 0 Å². The fourth-order valence-corrected chi connectivity index (χ4v) is 2.72. The predicted octanol–water partition coefficient (Wildman–Crippen LogP) is 2.87. The first-order valence-electron chi connectivity index (χ1n) is 7.30. The third-order valence-electron chi connectivity index (χ3n) is 3.69. The molecule has 0 bridgehead atoms. The summed E-state index contributed by atoms with van der Waals surface area (Å²) in [5.41, 5.74) is 0.698. The Morgan fingerprint density at radius 2 is 1.90 bits per heavy atom. The maximum absolute atomic E-state index is 12.0. The van der Waals surface area contributed by atoms with Crippen molar-refractivity contribution in [3.8, 4) is 0 Å². The second-order valence-electron chi connectivity index (χ2n) is 5.36. The molecule has 1 unspecified atom stereocenters. The molecule has 1 heterocycles. The molecule has 4 heteroatoms. The minimum atomic E-state index is -0.0288. The van der Waals surface area contributed by atoms with Crippen LogP contribution in [0.15, 0.2) is 30.3 Å². The summed E-state index contributed by atoms with van der Waals surface area (Å²) in [5.74, 6) is 0.176. The second kappa shape index (κ2) is 7.39. The molecule has 1 aliphatic rings. The molecular formula is C16H22N2OS. The molecule has 3 nitrogen and oxygen atoms in total. The average Bonchev–Trinajstić information content (AvgIpc) is 2.53. The van der Waals surface area contributed by atoms with Crippen LogP contribution in [-0.4, -0.2) is 35.4 Å². The normalized spacial score (nSPS) is 16.6. The first-order chi connectivity index (χ1) is 9.68. The number of likely N-dealkylation sites (tertiary alicyclic amines) is 1. The van der Waals surface area contributed by atoms with Gasteiger partial charge in [0.25, 0.3) is 5.91 Å². The van der Waals surface area contributed by atoms with Crippen LogP contribution in [0, 0.1) is 5.92 Å². The maximum atomic E-state index is 12.0. The zero-order chi connectivity index (χ0) is 14.4. The van der Waals surface area contributed by atoms with Gasteiger partial charge in [0, 0.05) is 31.1 Å². The molecule has 0 aromatic heterocycles. The SMILES string of the molecule is CC(CNC(=O)c1ccccc1)C(=S)N1CCCCC1. The van der Waals surface area contributed by atoms with Gasteiger partial charge in [-0.05, 0) is 31.4 Å². The largest absolute Gasteiger partial charge is 0.366 e. The zero-order valence-corrected chi connectivity index (χ0v) is 12.8. The van der Waals surface area contributed by atoms with Crippen molar-refractivity contribution in [2.24, 2.45) is 5.92 Å². The van der Waals surface area contributed by atoms with Crippen molar-refractivity contribution < 1.29 is 4.79 Å². The highest BCUT2D eigenvalue weighted by molar-refractivity contribution is 7.80. The van der Waals surface area contributed by atoms with E-state index in [2.05, 4.69) is 17.1 Å². The molecule has 1 saturated heterocycles. The van der Waals surface area contributed by atoms with Crippen LogP contribution in [0.2, 0.25) is 0 Å². The molecule has 1 aromatic rings. The van der Waals surface area contributed by atoms with Gasteiger partial charge in [0.15, 0.2) is 0 Å². The van der Waals surface area contributed by atoms with Crippen molar-refractivity contribution >= 4 is 23.1 Å². The fourth-order valence-electron chi connectivity index (χ4n) is 2.45. The van der Waals surface area contributed by atoms with Crippen LogP contribution in [0.1, 0.15) is 36.5 Å². The van der Waals surface area contributed by atoms with Crippen LogP contribution in [0.25, 0.3) is 0 Å². The van der Waals surface area contributed by atoms with Gasteiger partial charge in [0.05, 0.1) is 4.99 Å². The van der Waals surface area contributed by atoms with Crippen LogP contribution in [0.3, 0.4) is 0 Å². The van der Waals surface area contributed by atoms with Gasteiger partial charge in [-0.25, -0.2) is 0 Å². The molecule has 20 heavy (non-hydrogen) atoms. The van der Waals surface area contributed by atoms with E-state index >= 15 is 0 Å². The van der Waals surface area contributed by atoms with E-state index in [0.29, 0.717) is 12.1 Å². The number of thiocarbonyl (C=S) groups is 1. The summed E-state index contributed by atoms with van der Waals surface area (Å²) in [6.45, 7) is 4.82. The summed E-state index contributed by atoms with van der Waals surface area (Å²) in [6.07, 6.45) is 3.75. The molecular weight excluding hydrogens is 268 g/mol. The minimum absolute atomic E-state index is 0.0288. The smallest absolute Gasteiger partial charge is 0.251 e. The van der Waals surface area contributed by atoms with Gasteiger partial charge in [0.2, 0.25) is 0 Å². The van der Waals surface area contributed by atoms with Gasteiger partial charge in [-0.1, -0.05) is 37.3 Å². The first-order valence-corrected chi connectivity index (χ1v) is 7.71. The van der Waals surface area contributed by atoms with Crippen LogP contribution in [0.4, 0.5) is 0 Å².